The van der Waals surface area contributed by atoms with E-state index in [1.165, 1.54) is 6.07 Å². The van der Waals surface area contributed by atoms with E-state index < -0.39 is 11.9 Å². The molecule has 0 saturated carbocycles. The minimum atomic E-state index is -0.551. The number of hydrogen-bond acceptors (Lipinski definition) is 5. The number of anilines is 1. The molecule has 0 aliphatic rings. The van der Waals surface area contributed by atoms with Crippen LogP contribution in [0.5, 0.6) is 0 Å². The summed E-state index contributed by atoms with van der Waals surface area (Å²) in [5.41, 5.74) is 1.96. The fourth-order valence-corrected chi connectivity index (χ4v) is 2.35. The Bertz CT molecular complexity index is 889. The van der Waals surface area contributed by atoms with Crippen LogP contribution in [0.3, 0.4) is 0 Å². The van der Waals surface area contributed by atoms with Gasteiger partial charge in [0.05, 0.1) is 13.2 Å². The smallest absolute Gasteiger partial charge is 0.356 e. The van der Waals surface area contributed by atoms with E-state index in [4.69, 9.17) is 4.74 Å². The zero-order chi connectivity index (χ0) is 18.4. The number of carbonyl (C=O) groups is 2. The molecule has 0 radical (unpaired) electrons. The van der Waals surface area contributed by atoms with Crippen molar-refractivity contribution in [3.63, 3.8) is 0 Å². The lowest BCUT2D eigenvalue weighted by atomic mass is 10.2. The summed E-state index contributed by atoms with van der Waals surface area (Å²) in [7, 11) is 0. The molecule has 0 aliphatic heterocycles. The SMILES string of the molecule is CCOC(=O)c1cccc(C(=O)Nc2ccc(Cn3cccn3)cc2)n1. The molecule has 3 rings (SSSR count). The van der Waals surface area contributed by atoms with Gasteiger partial charge in [-0.3, -0.25) is 9.48 Å². The molecule has 0 saturated heterocycles. The van der Waals surface area contributed by atoms with Crippen molar-refractivity contribution in [2.75, 3.05) is 11.9 Å². The second kappa shape index (κ2) is 8.06. The molecule has 0 atom stereocenters. The first-order valence-electron chi connectivity index (χ1n) is 8.17. The number of amides is 1. The van der Waals surface area contributed by atoms with Crippen LogP contribution in [-0.4, -0.2) is 33.2 Å². The fraction of sp³-hybridized carbons (Fsp3) is 0.158. The van der Waals surface area contributed by atoms with Gasteiger partial charge in [-0.2, -0.15) is 5.10 Å². The molecule has 132 valence electrons. The maximum atomic E-state index is 12.3. The van der Waals surface area contributed by atoms with Crippen molar-refractivity contribution < 1.29 is 14.3 Å². The third-order valence-corrected chi connectivity index (χ3v) is 3.58. The number of aromatic nitrogens is 3. The average molecular weight is 350 g/mol. The Morgan fingerprint density at radius 1 is 1.08 bits per heavy atom. The normalized spacial score (nSPS) is 10.3. The summed E-state index contributed by atoms with van der Waals surface area (Å²) in [6.45, 7) is 2.62. The lowest BCUT2D eigenvalue weighted by Crippen LogP contribution is -2.16. The molecule has 1 amide bonds. The lowest BCUT2D eigenvalue weighted by molar-refractivity contribution is 0.0519. The van der Waals surface area contributed by atoms with E-state index in [1.807, 2.05) is 41.2 Å². The standard InChI is InChI=1S/C19H18N4O3/c1-2-26-19(25)17-6-3-5-16(22-17)18(24)21-15-9-7-14(8-10-15)13-23-12-4-11-20-23/h3-12H,2,13H2,1H3,(H,21,24). The van der Waals surface area contributed by atoms with Crippen LogP contribution >= 0.6 is 0 Å². The molecule has 1 N–H and O–H groups in total. The van der Waals surface area contributed by atoms with Crippen LogP contribution in [0.2, 0.25) is 0 Å². The Labute approximate surface area is 150 Å². The minimum absolute atomic E-state index is 0.106. The summed E-state index contributed by atoms with van der Waals surface area (Å²) in [4.78, 5) is 28.1. The highest BCUT2D eigenvalue weighted by Crippen LogP contribution is 2.12. The molecule has 0 spiro atoms. The van der Waals surface area contributed by atoms with Crippen molar-refractivity contribution in [1.82, 2.24) is 14.8 Å². The van der Waals surface area contributed by atoms with Crippen LogP contribution in [0.25, 0.3) is 0 Å². The quantitative estimate of drug-likeness (QED) is 0.691. The highest BCUT2D eigenvalue weighted by molar-refractivity contribution is 6.03. The molecule has 7 heteroatoms. The largest absolute Gasteiger partial charge is 0.461 e. The summed E-state index contributed by atoms with van der Waals surface area (Å²) in [6, 6.07) is 14.0. The van der Waals surface area contributed by atoms with Gasteiger partial charge in [-0.1, -0.05) is 18.2 Å². The predicted molar refractivity (Wildman–Crippen MR) is 95.9 cm³/mol. The summed E-state index contributed by atoms with van der Waals surface area (Å²) < 4.78 is 6.71. The van der Waals surface area contributed by atoms with Crippen LogP contribution in [0.1, 0.15) is 33.5 Å². The van der Waals surface area contributed by atoms with Gasteiger partial charge in [-0.15, -0.1) is 0 Å². The van der Waals surface area contributed by atoms with Crippen molar-refractivity contribution in [2.45, 2.75) is 13.5 Å². The van der Waals surface area contributed by atoms with Gasteiger partial charge in [-0.25, -0.2) is 9.78 Å². The van der Waals surface area contributed by atoms with Crippen LogP contribution in [0, 0.1) is 0 Å². The number of ether oxygens (including phenoxy) is 1. The summed E-state index contributed by atoms with van der Waals surface area (Å²) in [5.74, 6) is -0.943. The lowest BCUT2D eigenvalue weighted by Gasteiger charge is -2.07. The van der Waals surface area contributed by atoms with Crippen molar-refractivity contribution in [1.29, 1.82) is 0 Å². The van der Waals surface area contributed by atoms with Gasteiger partial charge in [0.1, 0.15) is 11.4 Å². The van der Waals surface area contributed by atoms with Crippen molar-refractivity contribution in [2.24, 2.45) is 0 Å². The molecular weight excluding hydrogens is 332 g/mol. The van der Waals surface area contributed by atoms with Crippen LogP contribution < -0.4 is 5.32 Å². The molecule has 0 aliphatic carbocycles. The highest BCUT2D eigenvalue weighted by Gasteiger charge is 2.13. The first-order valence-corrected chi connectivity index (χ1v) is 8.17. The van der Waals surface area contributed by atoms with E-state index in [9.17, 15) is 9.59 Å². The molecule has 0 bridgehead atoms. The minimum Gasteiger partial charge on any atom is -0.461 e. The Morgan fingerprint density at radius 3 is 2.54 bits per heavy atom. The molecule has 2 aromatic heterocycles. The zero-order valence-electron chi connectivity index (χ0n) is 14.3. The molecule has 26 heavy (non-hydrogen) atoms. The average Bonchev–Trinajstić information content (AvgIpc) is 3.17. The van der Waals surface area contributed by atoms with Crippen LogP contribution in [0.15, 0.2) is 60.9 Å². The third-order valence-electron chi connectivity index (χ3n) is 3.58. The first-order chi connectivity index (χ1) is 12.7. The second-order valence-corrected chi connectivity index (χ2v) is 5.48. The van der Waals surface area contributed by atoms with Gasteiger partial charge in [-0.05, 0) is 42.8 Å². The Kier molecular flexibility index (Phi) is 5.38. The number of rotatable bonds is 6. The van der Waals surface area contributed by atoms with E-state index >= 15 is 0 Å². The maximum Gasteiger partial charge on any atom is 0.356 e. The van der Waals surface area contributed by atoms with Gasteiger partial charge in [0, 0.05) is 18.1 Å². The van der Waals surface area contributed by atoms with Crippen molar-refractivity contribution in [3.8, 4) is 0 Å². The van der Waals surface area contributed by atoms with Crippen LogP contribution in [-0.2, 0) is 11.3 Å². The number of carbonyl (C=O) groups excluding carboxylic acids is 2. The highest BCUT2D eigenvalue weighted by atomic mass is 16.5. The molecule has 1 aromatic carbocycles. The summed E-state index contributed by atoms with van der Waals surface area (Å²) in [6.07, 6.45) is 3.61. The van der Waals surface area contributed by atoms with Gasteiger partial charge >= 0.3 is 5.97 Å². The van der Waals surface area contributed by atoms with Crippen molar-refractivity contribution >= 4 is 17.6 Å². The van der Waals surface area contributed by atoms with Crippen LogP contribution in [0.4, 0.5) is 5.69 Å². The van der Waals surface area contributed by atoms with E-state index in [0.717, 1.165) is 5.56 Å². The monoisotopic (exact) mass is 350 g/mol. The first kappa shape index (κ1) is 17.3. The third kappa shape index (κ3) is 4.32. The van der Waals surface area contributed by atoms with Gasteiger partial charge < -0.3 is 10.1 Å². The second-order valence-electron chi connectivity index (χ2n) is 5.48. The number of nitrogens with zero attached hydrogens (tertiary/aromatic N) is 3. The van der Waals surface area contributed by atoms with Gasteiger partial charge in [0.25, 0.3) is 5.91 Å². The number of nitrogens with one attached hydrogen (secondary N) is 1. The summed E-state index contributed by atoms with van der Waals surface area (Å²) >= 11 is 0. The maximum absolute atomic E-state index is 12.3. The van der Waals surface area contributed by atoms with Crippen molar-refractivity contribution in [3.05, 3.63) is 77.9 Å². The molecule has 3 aromatic rings. The Hall–Kier alpha value is -3.48. The van der Waals surface area contributed by atoms with E-state index in [1.54, 1.807) is 25.3 Å². The van der Waals surface area contributed by atoms with E-state index in [-0.39, 0.29) is 18.0 Å². The number of benzene rings is 1. The van der Waals surface area contributed by atoms with Gasteiger partial charge in [0.2, 0.25) is 0 Å². The number of hydrogen-bond donors (Lipinski definition) is 1. The number of esters is 1. The van der Waals surface area contributed by atoms with E-state index in [2.05, 4.69) is 15.4 Å². The fourth-order valence-electron chi connectivity index (χ4n) is 2.35. The summed E-state index contributed by atoms with van der Waals surface area (Å²) in [5, 5.41) is 6.92. The molecular formula is C19H18N4O3. The molecule has 0 unspecified atom stereocenters. The Morgan fingerprint density at radius 2 is 1.85 bits per heavy atom. The molecule has 2 heterocycles. The Balaban J connectivity index is 1.66. The zero-order valence-corrected chi connectivity index (χ0v) is 14.3. The van der Waals surface area contributed by atoms with E-state index in [0.29, 0.717) is 12.2 Å². The molecule has 7 nitrogen and oxygen atoms in total. The molecule has 0 fully saturated rings. The van der Waals surface area contributed by atoms with Gasteiger partial charge in [0.15, 0.2) is 0 Å². The number of pyridine rings is 1. The topological polar surface area (TPSA) is 86.1 Å². The predicted octanol–water partition coefficient (Wildman–Crippen LogP) is 2.76.